The number of nitrogens with two attached hydrogens (primary N) is 1. The van der Waals surface area contributed by atoms with Crippen molar-refractivity contribution < 1.29 is 0 Å². The molecule has 1 aromatic rings. The van der Waals surface area contributed by atoms with Gasteiger partial charge in [0.25, 0.3) is 0 Å². The highest BCUT2D eigenvalue weighted by Crippen LogP contribution is 2.23. The minimum atomic E-state index is 0.759. The summed E-state index contributed by atoms with van der Waals surface area (Å²) in [7, 11) is 0. The Hall–Kier alpha value is -1.02. The Labute approximate surface area is 85.5 Å². The molecule has 2 rings (SSSR count). The van der Waals surface area contributed by atoms with Crippen LogP contribution < -0.4 is 11.1 Å². The average Bonchev–Trinajstić information content (AvgIpc) is 2.95. The highest BCUT2D eigenvalue weighted by atomic mass is 14.9. The van der Waals surface area contributed by atoms with Crippen molar-refractivity contribution in [2.75, 3.05) is 5.73 Å². The normalized spacial score (nSPS) is 15.9. The maximum Gasteiger partial charge on any atom is 0.0347 e. The van der Waals surface area contributed by atoms with E-state index in [1.54, 1.807) is 0 Å². The summed E-state index contributed by atoms with van der Waals surface area (Å²) in [6.45, 7) is 5.22. The van der Waals surface area contributed by atoms with Crippen molar-refractivity contribution in [3.63, 3.8) is 0 Å². The van der Waals surface area contributed by atoms with E-state index in [-0.39, 0.29) is 0 Å². The van der Waals surface area contributed by atoms with Crippen molar-refractivity contribution in [3.8, 4) is 0 Å². The minimum absolute atomic E-state index is 0.759. The zero-order valence-electron chi connectivity index (χ0n) is 8.93. The van der Waals surface area contributed by atoms with E-state index in [1.807, 2.05) is 6.07 Å². The number of rotatable bonds is 3. The van der Waals surface area contributed by atoms with Crippen molar-refractivity contribution in [1.82, 2.24) is 5.32 Å². The molecule has 1 fully saturated rings. The predicted molar refractivity (Wildman–Crippen MR) is 60.2 cm³/mol. The van der Waals surface area contributed by atoms with E-state index in [9.17, 15) is 0 Å². The molecule has 0 radical (unpaired) electrons. The van der Waals surface area contributed by atoms with Gasteiger partial charge in [0.05, 0.1) is 0 Å². The molecule has 76 valence electrons. The van der Waals surface area contributed by atoms with E-state index >= 15 is 0 Å². The van der Waals surface area contributed by atoms with Gasteiger partial charge in [0, 0.05) is 18.3 Å². The molecule has 0 bridgehead atoms. The average molecular weight is 190 g/mol. The summed E-state index contributed by atoms with van der Waals surface area (Å²) in [6.07, 6.45) is 2.67. The molecule has 1 aliphatic carbocycles. The van der Waals surface area contributed by atoms with Crippen LogP contribution in [0.1, 0.15) is 29.5 Å². The molecule has 0 spiro atoms. The zero-order valence-corrected chi connectivity index (χ0v) is 8.93. The quantitative estimate of drug-likeness (QED) is 0.717. The lowest BCUT2D eigenvalue weighted by Crippen LogP contribution is -2.17. The molecule has 3 N–H and O–H groups in total. The standard InChI is InChI=1S/C12H18N2/c1-8-3-6-12(13)9(2)11(8)7-14-10-4-5-10/h3,6,10,14H,4-5,7,13H2,1-2H3. The number of nitrogens with one attached hydrogen (secondary N) is 1. The van der Waals surface area contributed by atoms with Gasteiger partial charge in [-0.25, -0.2) is 0 Å². The number of aryl methyl sites for hydroxylation is 1. The molecule has 0 amide bonds. The van der Waals surface area contributed by atoms with E-state index in [1.165, 1.54) is 29.5 Å². The first kappa shape index (κ1) is 9.53. The summed E-state index contributed by atoms with van der Waals surface area (Å²) in [4.78, 5) is 0. The van der Waals surface area contributed by atoms with Gasteiger partial charge in [-0.2, -0.15) is 0 Å². The van der Waals surface area contributed by atoms with E-state index in [0.717, 1.165) is 18.3 Å². The molecular weight excluding hydrogens is 172 g/mol. The van der Waals surface area contributed by atoms with Gasteiger partial charge in [0.2, 0.25) is 0 Å². The molecule has 2 nitrogen and oxygen atoms in total. The van der Waals surface area contributed by atoms with Crippen molar-refractivity contribution >= 4 is 5.69 Å². The van der Waals surface area contributed by atoms with Gasteiger partial charge < -0.3 is 11.1 Å². The molecule has 0 aromatic heterocycles. The summed E-state index contributed by atoms with van der Waals surface area (Å²) >= 11 is 0. The first-order chi connectivity index (χ1) is 6.68. The Kier molecular flexibility index (Phi) is 2.46. The smallest absolute Gasteiger partial charge is 0.0347 e. The fraction of sp³-hybridized carbons (Fsp3) is 0.500. The summed E-state index contributed by atoms with van der Waals surface area (Å²) in [6, 6.07) is 4.85. The Morgan fingerprint density at radius 3 is 2.71 bits per heavy atom. The zero-order chi connectivity index (χ0) is 10.1. The third-order valence-electron chi connectivity index (χ3n) is 3.02. The second-order valence-corrected chi connectivity index (χ2v) is 4.23. The van der Waals surface area contributed by atoms with Crippen molar-refractivity contribution in [2.24, 2.45) is 0 Å². The van der Waals surface area contributed by atoms with Crippen LogP contribution >= 0.6 is 0 Å². The summed E-state index contributed by atoms with van der Waals surface area (Å²) in [5.41, 5.74) is 10.7. The maximum absolute atomic E-state index is 5.88. The Balaban J connectivity index is 2.16. The largest absolute Gasteiger partial charge is 0.399 e. The second-order valence-electron chi connectivity index (χ2n) is 4.23. The van der Waals surface area contributed by atoms with Crippen LogP contribution in [0.4, 0.5) is 5.69 Å². The molecule has 0 saturated heterocycles. The van der Waals surface area contributed by atoms with E-state index in [0.29, 0.717) is 0 Å². The molecule has 1 aliphatic rings. The molecule has 0 atom stereocenters. The molecule has 1 saturated carbocycles. The van der Waals surface area contributed by atoms with E-state index in [4.69, 9.17) is 5.73 Å². The number of nitrogen functional groups attached to an aromatic ring is 1. The predicted octanol–water partition coefficient (Wildman–Crippen LogP) is 2.14. The number of benzene rings is 1. The fourth-order valence-corrected chi connectivity index (χ4v) is 1.72. The van der Waals surface area contributed by atoms with E-state index in [2.05, 4.69) is 25.2 Å². The first-order valence-electron chi connectivity index (χ1n) is 5.26. The fourth-order valence-electron chi connectivity index (χ4n) is 1.72. The Morgan fingerprint density at radius 2 is 2.07 bits per heavy atom. The lowest BCUT2D eigenvalue weighted by Gasteiger charge is -2.12. The van der Waals surface area contributed by atoms with Crippen LogP contribution in [0.25, 0.3) is 0 Å². The van der Waals surface area contributed by atoms with Crippen LogP contribution in [0, 0.1) is 13.8 Å². The molecule has 1 aromatic carbocycles. The topological polar surface area (TPSA) is 38.0 Å². The molecule has 14 heavy (non-hydrogen) atoms. The highest BCUT2D eigenvalue weighted by molar-refractivity contribution is 5.52. The van der Waals surface area contributed by atoms with Gasteiger partial charge in [0.15, 0.2) is 0 Å². The van der Waals surface area contributed by atoms with Gasteiger partial charge >= 0.3 is 0 Å². The first-order valence-corrected chi connectivity index (χ1v) is 5.26. The third-order valence-corrected chi connectivity index (χ3v) is 3.02. The van der Waals surface area contributed by atoms with Gasteiger partial charge in [-0.3, -0.25) is 0 Å². The van der Waals surface area contributed by atoms with Gasteiger partial charge in [-0.05, 0) is 49.4 Å². The lowest BCUT2D eigenvalue weighted by molar-refractivity contribution is 0.683. The number of anilines is 1. The van der Waals surface area contributed by atoms with Gasteiger partial charge in [0.1, 0.15) is 0 Å². The monoisotopic (exact) mass is 190 g/mol. The number of hydrogen-bond acceptors (Lipinski definition) is 2. The SMILES string of the molecule is Cc1ccc(N)c(C)c1CNC1CC1. The van der Waals surface area contributed by atoms with Crippen LogP contribution in [0.15, 0.2) is 12.1 Å². The van der Waals surface area contributed by atoms with Crippen LogP contribution in [0.3, 0.4) is 0 Å². The second kappa shape index (κ2) is 3.62. The van der Waals surface area contributed by atoms with E-state index < -0.39 is 0 Å². The summed E-state index contributed by atoms with van der Waals surface area (Å²) in [5, 5.41) is 3.53. The summed E-state index contributed by atoms with van der Waals surface area (Å²) < 4.78 is 0. The molecule has 0 unspecified atom stereocenters. The van der Waals surface area contributed by atoms with Crippen molar-refractivity contribution in [1.29, 1.82) is 0 Å². The lowest BCUT2D eigenvalue weighted by atomic mass is 10.0. The Bertz CT molecular complexity index is 340. The van der Waals surface area contributed by atoms with Crippen molar-refractivity contribution in [2.45, 2.75) is 39.3 Å². The molecule has 0 heterocycles. The van der Waals surface area contributed by atoms with Gasteiger partial charge in [-0.1, -0.05) is 6.07 Å². The highest BCUT2D eigenvalue weighted by Gasteiger charge is 2.20. The van der Waals surface area contributed by atoms with Gasteiger partial charge in [-0.15, -0.1) is 0 Å². The summed E-state index contributed by atoms with van der Waals surface area (Å²) in [5.74, 6) is 0. The van der Waals surface area contributed by atoms with Crippen LogP contribution in [-0.2, 0) is 6.54 Å². The third kappa shape index (κ3) is 1.90. The maximum atomic E-state index is 5.88. The minimum Gasteiger partial charge on any atom is -0.399 e. The van der Waals surface area contributed by atoms with Crippen LogP contribution in [0.2, 0.25) is 0 Å². The molecule has 2 heteroatoms. The number of hydrogen-bond donors (Lipinski definition) is 2. The van der Waals surface area contributed by atoms with Crippen LogP contribution in [-0.4, -0.2) is 6.04 Å². The van der Waals surface area contributed by atoms with Crippen molar-refractivity contribution in [3.05, 3.63) is 28.8 Å². The molecule has 0 aliphatic heterocycles. The molecular formula is C12H18N2. The van der Waals surface area contributed by atoms with Crippen LogP contribution in [0.5, 0.6) is 0 Å². The Morgan fingerprint density at radius 1 is 1.36 bits per heavy atom.